The summed E-state index contributed by atoms with van der Waals surface area (Å²) in [5.41, 5.74) is 1.93. The molecule has 0 aliphatic carbocycles. The molecule has 132 valence electrons. The lowest BCUT2D eigenvalue weighted by atomic mass is 10.1. The molecule has 4 aromatic rings. The number of carbonyl (C=O) groups is 1. The minimum atomic E-state index is -0.301. The minimum Gasteiger partial charge on any atom is -0.456 e. The maximum absolute atomic E-state index is 12.5. The van der Waals surface area contributed by atoms with Gasteiger partial charge in [-0.1, -0.05) is 11.6 Å². The number of pyridine rings is 1. The fourth-order valence-corrected chi connectivity index (χ4v) is 2.82. The van der Waals surface area contributed by atoms with Crippen molar-refractivity contribution in [3.8, 4) is 11.3 Å². The third-order valence-electron chi connectivity index (χ3n) is 4.04. The molecule has 0 saturated carbocycles. The summed E-state index contributed by atoms with van der Waals surface area (Å²) < 4.78 is 5.85. The molecular formula is C21H13ClN2O3. The normalized spacial score (nSPS) is 10.7. The second kappa shape index (κ2) is 7.05. The Labute approximate surface area is 159 Å². The standard InChI is InChI=1S/C21H13ClN2O3/c22-15-5-3-13(4-6-15)20-11-18(25)17-10-16(7-8-19(17)27-20)24-21(26)14-2-1-9-23-12-14/h1-12H,(H,24,26). The van der Waals surface area contributed by atoms with Crippen molar-refractivity contribution in [3.63, 3.8) is 0 Å². The third kappa shape index (κ3) is 3.59. The van der Waals surface area contributed by atoms with E-state index in [9.17, 15) is 9.59 Å². The van der Waals surface area contributed by atoms with E-state index >= 15 is 0 Å². The maximum atomic E-state index is 12.5. The molecule has 0 atom stereocenters. The lowest BCUT2D eigenvalue weighted by molar-refractivity contribution is 0.102. The van der Waals surface area contributed by atoms with Gasteiger partial charge in [0.1, 0.15) is 11.3 Å². The highest BCUT2D eigenvalue weighted by Gasteiger charge is 2.10. The molecule has 1 amide bonds. The Morgan fingerprint density at radius 3 is 2.59 bits per heavy atom. The predicted molar refractivity (Wildman–Crippen MR) is 105 cm³/mol. The molecule has 4 rings (SSSR count). The highest BCUT2D eigenvalue weighted by molar-refractivity contribution is 6.30. The van der Waals surface area contributed by atoms with Crippen molar-refractivity contribution in [2.75, 3.05) is 5.32 Å². The number of amides is 1. The van der Waals surface area contributed by atoms with Crippen LogP contribution in [0.3, 0.4) is 0 Å². The molecule has 0 aliphatic heterocycles. The molecule has 2 aromatic heterocycles. The summed E-state index contributed by atoms with van der Waals surface area (Å²) in [5.74, 6) is 0.154. The fourth-order valence-electron chi connectivity index (χ4n) is 2.69. The first-order chi connectivity index (χ1) is 13.1. The third-order valence-corrected chi connectivity index (χ3v) is 4.29. The Morgan fingerprint density at radius 2 is 1.85 bits per heavy atom. The second-order valence-electron chi connectivity index (χ2n) is 5.89. The average molecular weight is 377 g/mol. The van der Waals surface area contributed by atoms with Crippen molar-refractivity contribution in [3.05, 3.63) is 93.9 Å². The lowest BCUT2D eigenvalue weighted by Gasteiger charge is -2.07. The van der Waals surface area contributed by atoms with Crippen LogP contribution in [0, 0.1) is 0 Å². The molecule has 0 aliphatic rings. The number of hydrogen-bond acceptors (Lipinski definition) is 4. The molecule has 5 nitrogen and oxygen atoms in total. The van der Waals surface area contributed by atoms with Gasteiger partial charge in [0, 0.05) is 34.7 Å². The predicted octanol–water partition coefficient (Wildman–Crippen LogP) is 4.76. The zero-order chi connectivity index (χ0) is 18.8. The number of rotatable bonds is 3. The Morgan fingerprint density at radius 1 is 1.04 bits per heavy atom. The van der Waals surface area contributed by atoms with E-state index in [-0.39, 0.29) is 11.3 Å². The molecule has 2 heterocycles. The van der Waals surface area contributed by atoms with Crippen molar-refractivity contribution in [1.29, 1.82) is 0 Å². The molecule has 2 aromatic carbocycles. The van der Waals surface area contributed by atoms with Crippen molar-refractivity contribution in [1.82, 2.24) is 4.98 Å². The minimum absolute atomic E-state index is 0.196. The second-order valence-corrected chi connectivity index (χ2v) is 6.32. The number of fused-ring (bicyclic) bond motifs is 1. The van der Waals surface area contributed by atoms with Crippen molar-refractivity contribution in [2.24, 2.45) is 0 Å². The summed E-state index contributed by atoms with van der Waals surface area (Å²) in [6.07, 6.45) is 3.07. The number of benzene rings is 2. The van der Waals surface area contributed by atoms with Gasteiger partial charge in [-0.15, -0.1) is 0 Å². The first kappa shape index (κ1) is 17.0. The van der Waals surface area contributed by atoms with Crippen LogP contribution in [0.2, 0.25) is 5.02 Å². The number of aromatic nitrogens is 1. The molecule has 0 radical (unpaired) electrons. The molecule has 27 heavy (non-hydrogen) atoms. The molecule has 1 N–H and O–H groups in total. The largest absolute Gasteiger partial charge is 0.456 e. The number of halogens is 1. The van der Waals surface area contributed by atoms with Crippen LogP contribution in [-0.2, 0) is 0 Å². The van der Waals surface area contributed by atoms with Crippen LogP contribution in [0.25, 0.3) is 22.3 Å². The maximum Gasteiger partial charge on any atom is 0.257 e. The van der Waals surface area contributed by atoms with E-state index in [1.165, 1.54) is 12.3 Å². The number of carbonyl (C=O) groups excluding carboxylic acids is 1. The van der Waals surface area contributed by atoms with Crippen LogP contribution in [0.1, 0.15) is 10.4 Å². The summed E-state index contributed by atoms with van der Waals surface area (Å²) in [6.45, 7) is 0. The van der Waals surface area contributed by atoms with Gasteiger partial charge in [0.25, 0.3) is 5.91 Å². The van der Waals surface area contributed by atoms with Crippen molar-refractivity contribution < 1.29 is 9.21 Å². The van der Waals surface area contributed by atoms with E-state index in [4.69, 9.17) is 16.0 Å². The van der Waals surface area contributed by atoms with E-state index < -0.39 is 0 Å². The molecule has 0 spiro atoms. The first-order valence-electron chi connectivity index (χ1n) is 8.15. The van der Waals surface area contributed by atoms with Gasteiger partial charge in [-0.3, -0.25) is 14.6 Å². The van der Waals surface area contributed by atoms with Crippen LogP contribution in [0.4, 0.5) is 5.69 Å². The van der Waals surface area contributed by atoms with Crippen LogP contribution < -0.4 is 10.7 Å². The van der Waals surface area contributed by atoms with E-state index in [1.807, 2.05) is 0 Å². The fraction of sp³-hybridized carbons (Fsp3) is 0. The molecule has 0 bridgehead atoms. The summed E-state index contributed by atoms with van der Waals surface area (Å²) in [7, 11) is 0. The summed E-state index contributed by atoms with van der Waals surface area (Å²) >= 11 is 5.90. The Hall–Kier alpha value is -3.44. The van der Waals surface area contributed by atoms with E-state index in [2.05, 4.69) is 10.3 Å². The summed E-state index contributed by atoms with van der Waals surface area (Å²) in [6, 6.07) is 16.8. The topological polar surface area (TPSA) is 72.2 Å². The van der Waals surface area contributed by atoms with Crippen molar-refractivity contribution >= 4 is 34.2 Å². The Bertz CT molecular complexity index is 1190. The number of nitrogens with one attached hydrogen (secondary N) is 1. The monoisotopic (exact) mass is 376 g/mol. The smallest absolute Gasteiger partial charge is 0.257 e. The van der Waals surface area contributed by atoms with Crippen LogP contribution in [0.15, 0.2) is 82.3 Å². The molecule has 0 fully saturated rings. The first-order valence-corrected chi connectivity index (χ1v) is 8.53. The van der Waals surface area contributed by atoms with Crippen molar-refractivity contribution in [2.45, 2.75) is 0 Å². The molecule has 6 heteroatoms. The highest BCUT2D eigenvalue weighted by Crippen LogP contribution is 2.25. The zero-order valence-corrected chi connectivity index (χ0v) is 14.7. The van der Waals surface area contributed by atoms with E-state index in [1.54, 1.807) is 60.8 Å². The quantitative estimate of drug-likeness (QED) is 0.559. The molecule has 0 unspecified atom stereocenters. The van der Waals surface area contributed by atoms with Gasteiger partial charge in [-0.2, -0.15) is 0 Å². The van der Waals surface area contributed by atoms with Crippen LogP contribution in [0.5, 0.6) is 0 Å². The van der Waals surface area contributed by atoms with Gasteiger partial charge in [-0.25, -0.2) is 0 Å². The van der Waals surface area contributed by atoms with Gasteiger partial charge in [0.05, 0.1) is 10.9 Å². The molecular weight excluding hydrogens is 364 g/mol. The lowest BCUT2D eigenvalue weighted by Crippen LogP contribution is -2.12. The zero-order valence-electron chi connectivity index (χ0n) is 14.0. The average Bonchev–Trinajstić information content (AvgIpc) is 2.69. The molecule has 0 saturated heterocycles. The highest BCUT2D eigenvalue weighted by atomic mass is 35.5. The van der Waals surface area contributed by atoms with E-state index in [0.717, 1.165) is 5.56 Å². The van der Waals surface area contributed by atoms with Gasteiger partial charge in [0.2, 0.25) is 0 Å². The Balaban J connectivity index is 1.68. The number of hydrogen-bond donors (Lipinski definition) is 1. The summed E-state index contributed by atoms with van der Waals surface area (Å²) in [4.78, 5) is 28.7. The van der Waals surface area contributed by atoms with Gasteiger partial charge >= 0.3 is 0 Å². The van der Waals surface area contributed by atoms with Gasteiger partial charge in [0.15, 0.2) is 5.43 Å². The number of anilines is 1. The SMILES string of the molecule is O=C(Nc1ccc2oc(-c3ccc(Cl)cc3)cc(=O)c2c1)c1cccnc1. The van der Waals surface area contributed by atoms with Gasteiger partial charge < -0.3 is 9.73 Å². The van der Waals surface area contributed by atoms with E-state index in [0.29, 0.717) is 33.0 Å². The Kier molecular flexibility index (Phi) is 4.44. The summed E-state index contributed by atoms with van der Waals surface area (Å²) in [5, 5.41) is 3.75. The number of nitrogens with zero attached hydrogens (tertiary/aromatic N) is 1. The van der Waals surface area contributed by atoms with Crippen LogP contribution >= 0.6 is 11.6 Å². The van der Waals surface area contributed by atoms with Crippen LogP contribution in [-0.4, -0.2) is 10.9 Å². The van der Waals surface area contributed by atoms with Gasteiger partial charge in [-0.05, 0) is 54.6 Å².